The van der Waals surface area contributed by atoms with Crippen molar-refractivity contribution in [2.45, 2.75) is 58.5 Å². The molecule has 5 heterocycles. The Balaban J connectivity index is 0.000000182. The SMILES string of the molecule is COCCn1c(CC2CCOCC2)nc2ccc(-c3cc(C)c(=O)n(C)c3)cc21.COCCn1c(CC2CCOCC2)nc2ccc(Br)cc21. The van der Waals surface area contributed by atoms with Crippen LogP contribution < -0.4 is 5.56 Å². The van der Waals surface area contributed by atoms with Crippen LogP contribution in [0, 0.1) is 18.8 Å². The van der Waals surface area contributed by atoms with E-state index in [1.54, 1.807) is 25.8 Å². The van der Waals surface area contributed by atoms with Crippen molar-refractivity contribution in [2.24, 2.45) is 18.9 Å². The molecule has 2 saturated heterocycles. The molecule has 0 N–H and O–H groups in total. The highest BCUT2D eigenvalue weighted by Crippen LogP contribution is 2.28. The van der Waals surface area contributed by atoms with Gasteiger partial charge < -0.3 is 32.6 Å². The van der Waals surface area contributed by atoms with Crippen molar-refractivity contribution in [3.63, 3.8) is 0 Å². The van der Waals surface area contributed by atoms with Gasteiger partial charge in [0.1, 0.15) is 11.6 Å². The summed E-state index contributed by atoms with van der Waals surface area (Å²) in [6.45, 7) is 8.30. The first-order valence-corrected chi connectivity index (χ1v) is 18.6. The number of pyridine rings is 1. The molecule has 0 bridgehead atoms. The van der Waals surface area contributed by atoms with Crippen molar-refractivity contribution in [3.8, 4) is 11.1 Å². The number of benzene rings is 2. The highest BCUT2D eigenvalue weighted by molar-refractivity contribution is 9.10. The van der Waals surface area contributed by atoms with Crippen LogP contribution in [0.2, 0.25) is 0 Å². The first kappa shape index (κ1) is 36.4. The molecule has 0 aliphatic carbocycles. The van der Waals surface area contributed by atoms with Crippen LogP contribution in [0.3, 0.4) is 0 Å². The molecule has 0 radical (unpaired) electrons. The molecule has 2 aliphatic heterocycles. The summed E-state index contributed by atoms with van der Waals surface area (Å²) in [6.07, 6.45) is 8.35. The van der Waals surface area contributed by atoms with Crippen molar-refractivity contribution in [2.75, 3.05) is 53.9 Å². The molecular weight excluding hydrogens is 698 g/mol. The highest BCUT2D eigenvalue weighted by atomic mass is 79.9. The molecule has 10 nitrogen and oxygen atoms in total. The third kappa shape index (κ3) is 8.74. The van der Waals surface area contributed by atoms with Crippen LogP contribution in [0.15, 0.2) is 57.9 Å². The van der Waals surface area contributed by atoms with Gasteiger partial charge in [-0.1, -0.05) is 22.0 Å². The second-order valence-electron chi connectivity index (χ2n) is 13.5. The first-order valence-electron chi connectivity index (χ1n) is 17.8. The van der Waals surface area contributed by atoms with E-state index in [1.807, 2.05) is 25.3 Å². The van der Waals surface area contributed by atoms with Crippen molar-refractivity contribution in [1.82, 2.24) is 23.7 Å². The molecule has 0 spiro atoms. The topological polar surface area (TPSA) is 94.6 Å². The molecule has 3 aromatic heterocycles. The molecule has 2 aliphatic rings. The molecule has 50 heavy (non-hydrogen) atoms. The number of ether oxygens (including phenoxy) is 4. The molecular formula is C39H50BrN5O5. The summed E-state index contributed by atoms with van der Waals surface area (Å²) in [4.78, 5) is 21.9. The molecule has 268 valence electrons. The largest absolute Gasteiger partial charge is 0.383 e. The minimum Gasteiger partial charge on any atom is -0.383 e. The number of hydrogen-bond acceptors (Lipinski definition) is 7. The second-order valence-corrected chi connectivity index (χ2v) is 14.4. The van der Waals surface area contributed by atoms with Crippen molar-refractivity contribution in [1.29, 1.82) is 0 Å². The Hall–Kier alpha value is -3.35. The summed E-state index contributed by atoms with van der Waals surface area (Å²) >= 11 is 3.55. The van der Waals surface area contributed by atoms with Gasteiger partial charge in [-0.2, -0.15) is 0 Å². The summed E-state index contributed by atoms with van der Waals surface area (Å²) < 4.78 is 28.9. The van der Waals surface area contributed by atoms with Gasteiger partial charge in [0, 0.05) is 89.9 Å². The summed E-state index contributed by atoms with van der Waals surface area (Å²) in [6, 6.07) is 14.6. The number of nitrogens with zero attached hydrogens (tertiary/aromatic N) is 5. The van der Waals surface area contributed by atoms with Gasteiger partial charge >= 0.3 is 0 Å². The van der Waals surface area contributed by atoms with Crippen LogP contribution in [0.25, 0.3) is 33.2 Å². The summed E-state index contributed by atoms with van der Waals surface area (Å²) in [5.74, 6) is 3.60. The standard InChI is InChI=1S/C23H29N3O3.C16H21BrN2O2/c1-16-12-19(15-25(2)23(16)27)18-4-5-20-21(14-18)26(8-11-28-3)22(24-20)13-17-6-9-29-10-7-17;1-20-9-6-19-15-11-13(17)2-3-14(15)18-16(19)10-12-4-7-21-8-5-12/h4-5,12,14-15,17H,6-11,13H2,1-3H3;2-3,11-12H,4-10H2,1H3. The zero-order valence-electron chi connectivity index (χ0n) is 29.8. The van der Waals surface area contributed by atoms with E-state index in [-0.39, 0.29) is 5.56 Å². The Kier molecular flexibility index (Phi) is 12.6. The van der Waals surface area contributed by atoms with Crippen LogP contribution in [-0.4, -0.2) is 77.5 Å². The molecule has 2 aromatic carbocycles. The third-order valence-corrected chi connectivity index (χ3v) is 10.5. The van der Waals surface area contributed by atoms with Crippen LogP contribution >= 0.6 is 15.9 Å². The monoisotopic (exact) mass is 747 g/mol. The average Bonchev–Trinajstić information content (AvgIpc) is 3.65. The van der Waals surface area contributed by atoms with Gasteiger partial charge in [-0.15, -0.1) is 0 Å². The van der Waals surface area contributed by atoms with Crippen LogP contribution in [0.1, 0.15) is 42.9 Å². The van der Waals surface area contributed by atoms with Crippen LogP contribution in [-0.2, 0) is 51.9 Å². The Labute approximate surface area is 302 Å². The van der Waals surface area contributed by atoms with E-state index in [9.17, 15) is 4.79 Å². The first-order chi connectivity index (χ1) is 24.3. The number of hydrogen-bond donors (Lipinski definition) is 0. The lowest BCUT2D eigenvalue weighted by molar-refractivity contribution is 0.0655. The number of halogens is 1. The molecule has 0 atom stereocenters. The lowest BCUT2D eigenvalue weighted by Crippen LogP contribution is -2.20. The minimum absolute atomic E-state index is 0.0405. The summed E-state index contributed by atoms with van der Waals surface area (Å²) in [7, 11) is 5.27. The maximum Gasteiger partial charge on any atom is 0.253 e. The number of imidazole rings is 2. The second kappa shape index (κ2) is 17.2. The van der Waals surface area contributed by atoms with E-state index >= 15 is 0 Å². The van der Waals surface area contributed by atoms with E-state index in [0.717, 1.165) is 122 Å². The van der Waals surface area contributed by atoms with Gasteiger partial charge in [0.15, 0.2) is 0 Å². The average molecular weight is 749 g/mol. The van der Waals surface area contributed by atoms with E-state index < -0.39 is 0 Å². The zero-order valence-corrected chi connectivity index (χ0v) is 31.4. The fourth-order valence-corrected chi connectivity index (χ4v) is 7.48. The Morgan fingerprint density at radius 3 is 1.80 bits per heavy atom. The maximum absolute atomic E-state index is 12.1. The van der Waals surface area contributed by atoms with E-state index in [2.05, 4.69) is 55.4 Å². The number of aryl methyl sites for hydroxylation is 2. The maximum atomic E-state index is 12.1. The Morgan fingerprint density at radius 2 is 1.28 bits per heavy atom. The normalized spacial score (nSPS) is 15.9. The number of methoxy groups -OCH3 is 2. The van der Waals surface area contributed by atoms with Crippen LogP contribution in [0.5, 0.6) is 0 Å². The lowest BCUT2D eigenvalue weighted by Gasteiger charge is -2.22. The van der Waals surface area contributed by atoms with Gasteiger partial charge in [-0.3, -0.25) is 4.79 Å². The van der Waals surface area contributed by atoms with Crippen molar-refractivity contribution in [3.05, 3.63) is 80.7 Å². The number of fused-ring (bicyclic) bond motifs is 2. The molecule has 0 unspecified atom stereocenters. The lowest BCUT2D eigenvalue weighted by atomic mass is 9.96. The predicted octanol–water partition coefficient (Wildman–Crippen LogP) is 6.74. The van der Waals surface area contributed by atoms with Crippen molar-refractivity contribution < 1.29 is 18.9 Å². The Morgan fingerprint density at radius 1 is 0.760 bits per heavy atom. The summed E-state index contributed by atoms with van der Waals surface area (Å²) in [5, 5.41) is 0. The van der Waals surface area contributed by atoms with Gasteiger partial charge in [0.2, 0.25) is 0 Å². The third-order valence-electron chi connectivity index (χ3n) is 9.97. The minimum atomic E-state index is 0.0405. The zero-order chi connectivity index (χ0) is 35.0. The predicted molar refractivity (Wildman–Crippen MR) is 201 cm³/mol. The summed E-state index contributed by atoms with van der Waals surface area (Å²) in [5.41, 5.74) is 7.29. The Bertz CT molecular complexity index is 1910. The fourth-order valence-electron chi connectivity index (χ4n) is 7.13. The van der Waals surface area contributed by atoms with E-state index in [4.69, 9.17) is 28.9 Å². The molecule has 0 amide bonds. The van der Waals surface area contributed by atoms with Gasteiger partial charge in [0.05, 0.1) is 35.3 Å². The molecule has 5 aromatic rings. The molecule has 0 saturated carbocycles. The van der Waals surface area contributed by atoms with Gasteiger partial charge in [0.25, 0.3) is 5.56 Å². The number of aromatic nitrogens is 5. The van der Waals surface area contributed by atoms with Crippen molar-refractivity contribution >= 4 is 38.0 Å². The van der Waals surface area contributed by atoms with E-state index in [0.29, 0.717) is 25.0 Å². The van der Waals surface area contributed by atoms with Gasteiger partial charge in [-0.05, 0) is 92.0 Å². The van der Waals surface area contributed by atoms with Gasteiger partial charge in [-0.25, -0.2) is 9.97 Å². The quantitative estimate of drug-likeness (QED) is 0.148. The van der Waals surface area contributed by atoms with E-state index in [1.165, 1.54) is 11.3 Å². The smallest absolute Gasteiger partial charge is 0.253 e. The highest BCUT2D eigenvalue weighted by Gasteiger charge is 2.21. The molecule has 11 heteroatoms. The molecule has 7 rings (SSSR count). The number of rotatable bonds is 11. The fraction of sp³-hybridized carbons (Fsp3) is 0.513. The van der Waals surface area contributed by atoms with Crippen LogP contribution in [0.4, 0.5) is 0 Å². The molecule has 2 fully saturated rings.